The van der Waals surface area contributed by atoms with E-state index in [-0.39, 0.29) is 29.2 Å². The van der Waals surface area contributed by atoms with E-state index < -0.39 is 80.8 Å². The third-order valence-electron chi connectivity index (χ3n) is 7.15. The summed E-state index contributed by atoms with van der Waals surface area (Å²) in [5.74, 6) is -17.7. The van der Waals surface area contributed by atoms with Crippen LogP contribution in [0.25, 0.3) is 33.0 Å². The van der Waals surface area contributed by atoms with Crippen molar-refractivity contribution in [1.82, 2.24) is 0 Å². The molecule has 0 radical (unpaired) electrons. The van der Waals surface area contributed by atoms with Gasteiger partial charge in [-0.1, -0.05) is 36.4 Å². The fourth-order valence-electron chi connectivity index (χ4n) is 5.60. The van der Waals surface area contributed by atoms with Gasteiger partial charge in [-0.2, -0.15) is 0 Å². The summed E-state index contributed by atoms with van der Waals surface area (Å²) >= 11 is 0. The molecule has 0 spiro atoms. The van der Waals surface area contributed by atoms with Crippen LogP contribution in [0.5, 0.6) is 0 Å². The number of carbonyl (C=O) groups is 4. The van der Waals surface area contributed by atoms with Gasteiger partial charge in [-0.15, -0.1) is 0 Å². The molecule has 0 N–H and O–H groups in total. The molecule has 0 atom stereocenters. The van der Waals surface area contributed by atoms with Crippen LogP contribution in [-0.2, 0) is 9.47 Å². The molecule has 1 aliphatic carbocycles. The van der Waals surface area contributed by atoms with Crippen molar-refractivity contribution < 1.29 is 50.6 Å². The average molecular weight is 581 g/mol. The molecular weight excluding hydrogens is 565 g/mol. The molecule has 0 unspecified atom stereocenters. The molecule has 212 valence electrons. The van der Waals surface area contributed by atoms with Gasteiger partial charge in [0.05, 0.1) is 35.5 Å². The molecule has 6 rings (SSSR count). The van der Waals surface area contributed by atoms with Crippen LogP contribution in [0, 0.1) is 29.1 Å². The van der Waals surface area contributed by atoms with Crippen molar-refractivity contribution >= 4 is 40.2 Å². The summed E-state index contributed by atoms with van der Waals surface area (Å²) < 4.78 is 82.4. The van der Waals surface area contributed by atoms with Gasteiger partial charge in [-0.25, -0.2) is 36.4 Å². The Morgan fingerprint density at radius 1 is 0.643 bits per heavy atom. The summed E-state index contributed by atoms with van der Waals surface area (Å²) in [7, 11) is 0. The molecule has 7 nitrogen and oxygen atoms in total. The van der Waals surface area contributed by atoms with Crippen molar-refractivity contribution in [2.75, 3.05) is 18.1 Å². The highest BCUT2D eigenvalue weighted by Crippen LogP contribution is 2.54. The summed E-state index contributed by atoms with van der Waals surface area (Å²) in [6.45, 7) is 2.55. The lowest BCUT2D eigenvalue weighted by atomic mass is 9.86. The zero-order chi connectivity index (χ0) is 30.2. The first kappa shape index (κ1) is 27.1. The van der Waals surface area contributed by atoms with Gasteiger partial charge in [0.1, 0.15) is 5.69 Å². The highest BCUT2D eigenvalue weighted by Gasteiger charge is 2.50. The number of imide groups is 1. The maximum absolute atomic E-state index is 14.9. The predicted octanol–water partition coefficient (Wildman–Crippen LogP) is 6.34. The normalized spacial score (nSPS) is 13.1. The van der Waals surface area contributed by atoms with E-state index in [1.165, 1.54) is 13.8 Å². The Morgan fingerprint density at radius 2 is 1.05 bits per heavy atom. The van der Waals surface area contributed by atoms with Crippen LogP contribution in [-0.4, -0.2) is 37.0 Å². The minimum absolute atomic E-state index is 0.0162. The summed E-state index contributed by atoms with van der Waals surface area (Å²) in [5, 5.41) is 1.26. The van der Waals surface area contributed by atoms with Crippen molar-refractivity contribution in [3.63, 3.8) is 0 Å². The molecule has 0 saturated heterocycles. The molecule has 0 bridgehead atoms. The Balaban J connectivity index is 1.78. The molecule has 42 heavy (non-hydrogen) atoms. The van der Waals surface area contributed by atoms with E-state index in [2.05, 4.69) is 0 Å². The molecule has 0 saturated carbocycles. The largest absolute Gasteiger partial charge is 0.462 e. The number of hydrogen-bond acceptors (Lipinski definition) is 6. The van der Waals surface area contributed by atoms with Gasteiger partial charge < -0.3 is 9.47 Å². The Labute approximate surface area is 233 Å². The van der Waals surface area contributed by atoms with Crippen LogP contribution in [0.3, 0.4) is 0 Å². The summed E-state index contributed by atoms with van der Waals surface area (Å²) in [4.78, 5) is 54.4. The standard InChI is InChI=1S/C30H16F5NO6/c1-3-41-29(39)19-15-12-9-5-7-11-8-6-10-13(14(11)12)16(15)20(30(40)42-4-2)18-17(19)27(37)36(28(18)38)26-24(34)22(32)21(31)23(33)25(26)35/h5-10H,3-4H2,1-2H3. The van der Waals surface area contributed by atoms with Crippen molar-refractivity contribution in [2.45, 2.75) is 13.8 Å². The lowest BCUT2D eigenvalue weighted by molar-refractivity contribution is 0.0510. The van der Waals surface area contributed by atoms with E-state index in [1.54, 1.807) is 36.4 Å². The van der Waals surface area contributed by atoms with Gasteiger partial charge in [0, 0.05) is 11.1 Å². The minimum atomic E-state index is -2.51. The highest BCUT2D eigenvalue weighted by molar-refractivity contribution is 6.41. The van der Waals surface area contributed by atoms with Crippen molar-refractivity contribution in [3.05, 3.63) is 87.7 Å². The van der Waals surface area contributed by atoms with Gasteiger partial charge in [-0.05, 0) is 35.7 Å². The number of hydrogen-bond donors (Lipinski definition) is 0. The van der Waals surface area contributed by atoms with E-state index in [9.17, 15) is 41.1 Å². The van der Waals surface area contributed by atoms with Crippen LogP contribution in [0.1, 0.15) is 55.3 Å². The molecular formula is C30H16F5NO6. The number of ether oxygens (including phenoxy) is 2. The lowest BCUT2D eigenvalue weighted by Crippen LogP contribution is -2.33. The van der Waals surface area contributed by atoms with E-state index in [1.807, 2.05) is 0 Å². The molecule has 12 heteroatoms. The van der Waals surface area contributed by atoms with Gasteiger partial charge in [0.15, 0.2) is 23.3 Å². The Hall–Kier alpha value is -5.13. The van der Waals surface area contributed by atoms with Crippen LogP contribution in [0.2, 0.25) is 0 Å². The van der Waals surface area contributed by atoms with Crippen molar-refractivity contribution in [3.8, 4) is 22.3 Å². The fourth-order valence-corrected chi connectivity index (χ4v) is 5.60. The second-order valence-corrected chi connectivity index (χ2v) is 9.26. The van der Waals surface area contributed by atoms with E-state index in [0.717, 1.165) is 0 Å². The van der Waals surface area contributed by atoms with Crippen LogP contribution in [0.15, 0.2) is 36.4 Å². The number of fused-ring (bicyclic) bond motifs is 4. The molecule has 4 aromatic carbocycles. The van der Waals surface area contributed by atoms with Crippen molar-refractivity contribution in [1.29, 1.82) is 0 Å². The van der Waals surface area contributed by atoms with E-state index >= 15 is 0 Å². The first-order valence-electron chi connectivity index (χ1n) is 12.6. The molecule has 1 heterocycles. The van der Waals surface area contributed by atoms with Gasteiger partial charge in [-0.3, -0.25) is 9.59 Å². The Morgan fingerprint density at radius 3 is 1.45 bits per heavy atom. The second-order valence-electron chi connectivity index (χ2n) is 9.26. The number of rotatable bonds is 5. The average Bonchev–Trinajstić information content (AvgIpc) is 3.43. The predicted molar refractivity (Wildman–Crippen MR) is 138 cm³/mol. The monoisotopic (exact) mass is 581 g/mol. The Bertz CT molecular complexity index is 1820. The smallest absolute Gasteiger partial charge is 0.339 e. The first-order valence-corrected chi connectivity index (χ1v) is 12.6. The maximum Gasteiger partial charge on any atom is 0.339 e. The fraction of sp³-hybridized carbons (Fsp3) is 0.133. The highest BCUT2D eigenvalue weighted by atomic mass is 19.2. The quantitative estimate of drug-likeness (QED) is 0.0792. The summed E-state index contributed by atoms with van der Waals surface area (Å²) in [5.41, 5.74) is -3.68. The second kappa shape index (κ2) is 9.47. The van der Waals surface area contributed by atoms with E-state index in [0.29, 0.717) is 21.9 Å². The Kier molecular flexibility index (Phi) is 6.10. The van der Waals surface area contributed by atoms with Gasteiger partial charge >= 0.3 is 11.9 Å². The number of esters is 2. The summed E-state index contributed by atoms with van der Waals surface area (Å²) in [6, 6.07) is 10.0. The summed E-state index contributed by atoms with van der Waals surface area (Å²) in [6.07, 6.45) is 0. The third kappa shape index (κ3) is 3.37. The number of amides is 2. The van der Waals surface area contributed by atoms with Crippen LogP contribution >= 0.6 is 0 Å². The van der Waals surface area contributed by atoms with Crippen molar-refractivity contribution in [2.24, 2.45) is 0 Å². The minimum Gasteiger partial charge on any atom is -0.462 e. The SMILES string of the molecule is CCOC(=O)c1c2c(c(C(=O)OCC)c3c1-c1cccc4cccc-3c14)C(=O)N(c1c(F)c(F)c(F)c(F)c1F)C2=O. The zero-order valence-corrected chi connectivity index (χ0v) is 21.7. The first-order chi connectivity index (χ1) is 20.1. The topological polar surface area (TPSA) is 90.0 Å². The van der Waals surface area contributed by atoms with Gasteiger partial charge in [0.25, 0.3) is 11.8 Å². The van der Waals surface area contributed by atoms with Crippen LogP contribution in [0.4, 0.5) is 27.6 Å². The number of halogens is 5. The zero-order valence-electron chi connectivity index (χ0n) is 21.7. The lowest BCUT2D eigenvalue weighted by Gasteiger charge is -2.17. The maximum atomic E-state index is 14.9. The molecule has 0 fully saturated rings. The number of benzene rings is 4. The van der Waals surface area contributed by atoms with Gasteiger partial charge in [0.2, 0.25) is 5.82 Å². The van der Waals surface area contributed by atoms with E-state index in [4.69, 9.17) is 9.47 Å². The molecule has 2 amide bonds. The number of anilines is 1. The molecule has 0 aromatic heterocycles. The van der Waals surface area contributed by atoms with Crippen LogP contribution < -0.4 is 4.90 Å². The number of carbonyl (C=O) groups excluding carboxylic acids is 4. The molecule has 1 aliphatic heterocycles. The molecule has 4 aromatic rings. The third-order valence-corrected chi connectivity index (χ3v) is 7.15. The number of nitrogens with zero attached hydrogens (tertiary/aromatic N) is 1. The molecule has 2 aliphatic rings.